The first-order chi connectivity index (χ1) is 13.0. The highest BCUT2D eigenvalue weighted by atomic mass is 31.2. The van der Waals surface area contributed by atoms with Crippen LogP contribution in [-0.2, 0) is 15.8 Å². The van der Waals surface area contributed by atoms with Gasteiger partial charge in [-0.1, -0.05) is 18.2 Å². The average molecular weight is 408 g/mol. The quantitative estimate of drug-likeness (QED) is 0.573. The van der Waals surface area contributed by atoms with E-state index >= 15 is 0 Å². The van der Waals surface area contributed by atoms with Crippen molar-refractivity contribution in [3.63, 3.8) is 0 Å². The Kier molecular flexibility index (Phi) is 7.16. The van der Waals surface area contributed by atoms with Gasteiger partial charge in [0.2, 0.25) is 7.37 Å². The molecule has 0 aliphatic heterocycles. The molecule has 2 rings (SSSR count). The van der Waals surface area contributed by atoms with Crippen molar-refractivity contribution in [1.29, 1.82) is 0 Å². The molecule has 152 valence electrons. The van der Waals surface area contributed by atoms with Gasteiger partial charge in [-0.25, -0.2) is 4.39 Å². The summed E-state index contributed by atoms with van der Waals surface area (Å²) in [6.07, 6.45) is -2.14. The van der Waals surface area contributed by atoms with Crippen molar-refractivity contribution in [3.05, 3.63) is 58.4 Å². The Morgan fingerprint density at radius 2 is 1.75 bits per heavy atom. The molecular weight excluding hydrogens is 382 g/mol. The third-order valence-electron chi connectivity index (χ3n) is 4.78. The summed E-state index contributed by atoms with van der Waals surface area (Å²) in [6.45, 7) is 5.31. The van der Waals surface area contributed by atoms with Crippen LogP contribution in [0.2, 0.25) is 0 Å². The van der Waals surface area contributed by atoms with Crippen LogP contribution in [0, 0.1) is 26.6 Å². The van der Waals surface area contributed by atoms with Gasteiger partial charge in [0.1, 0.15) is 5.82 Å². The normalized spacial score (nSPS) is 14.5. The zero-order chi connectivity index (χ0) is 21.1. The van der Waals surface area contributed by atoms with Crippen LogP contribution in [0.15, 0.2) is 30.3 Å². The van der Waals surface area contributed by atoms with Crippen molar-refractivity contribution in [3.8, 4) is 11.1 Å². The number of rotatable bonds is 8. The lowest BCUT2D eigenvalue weighted by Gasteiger charge is -2.18. The summed E-state index contributed by atoms with van der Waals surface area (Å²) >= 11 is 0. The number of carboxylic acid groups (broad SMARTS) is 1. The summed E-state index contributed by atoms with van der Waals surface area (Å²) in [4.78, 5) is 20.8. The van der Waals surface area contributed by atoms with E-state index in [1.54, 1.807) is 26.0 Å². The second kappa shape index (κ2) is 8.99. The van der Waals surface area contributed by atoms with Crippen LogP contribution in [0.4, 0.5) is 4.39 Å². The van der Waals surface area contributed by atoms with Gasteiger partial charge in [-0.15, -0.1) is 0 Å². The van der Waals surface area contributed by atoms with Crippen LogP contribution in [0.25, 0.3) is 11.1 Å². The van der Waals surface area contributed by atoms with Crippen LogP contribution in [0.1, 0.15) is 28.7 Å². The molecule has 0 saturated carbocycles. The van der Waals surface area contributed by atoms with Crippen molar-refractivity contribution in [2.45, 2.75) is 39.7 Å². The van der Waals surface area contributed by atoms with Gasteiger partial charge in [0.15, 0.2) is 0 Å². The molecule has 2 atom stereocenters. The number of aliphatic hydroxyl groups excluding tert-OH is 1. The number of aliphatic carboxylic acids is 1. The maximum absolute atomic E-state index is 14.0. The molecular formula is C21H26FO5P. The number of hydrogen-bond donors (Lipinski definition) is 3. The first kappa shape index (κ1) is 22.3. The van der Waals surface area contributed by atoms with Gasteiger partial charge in [0, 0.05) is 6.16 Å². The Labute approximate surface area is 164 Å². The van der Waals surface area contributed by atoms with Gasteiger partial charge in [-0.05, 0) is 72.7 Å². The molecule has 0 bridgehead atoms. The minimum Gasteiger partial charge on any atom is -0.481 e. The molecule has 0 aliphatic carbocycles. The Bertz CT molecular complexity index is 902. The van der Waals surface area contributed by atoms with Gasteiger partial charge in [-0.2, -0.15) is 0 Å². The summed E-state index contributed by atoms with van der Waals surface area (Å²) in [5.41, 5.74) is 4.61. The van der Waals surface area contributed by atoms with Gasteiger partial charge in [0.05, 0.1) is 18.7 Å². The first-order valence-corrected chi connectivity index (χ1v) is 11.1. The molecule has 5 nitrogen and oxygen atoms in total. The van der Waals surface area contributed by atoms with Crippen molar-refractivity contribution >= 4 is 13.3 Å². The van der Waals surface area contributed by atoms with Gasteiger partial charge in [-0.3, -0.25) is 9.36 Å². The molecule has 3 N–H and O–H groups in total. The molecule has 0 fully saturated rings. The minimum absolute atomic E-state index is 0.0688. The van der Waals surface area contributed by atoms with Crippen LogP contribution in [-0.4, -0.2) is 39.5 Å². The van der Waals surface area contributed by atoms with E-state index in [1.807, 2.05) is 25.1 Å². The fourth-order valence-corrected chi connectivity index (χ4v) is 4.92. The van der Waals surface area contributed by atoms with E-state index in [9.17, 15) is 23.7 Å². The molecule has 0 aromatic heterocycles. The van der Waals surface area contributed by atoms with Crippen LogP contribution in [0.3, 0.4) is 0 Å². The number of halogens is 1. The second-order valence-electron chi connectivity index (χ2n) is 7.28. The topological polar surface area (TPSA) is 94.8 Å². The third-order valence-corrected chi connectivity index (χ3v) is 6.69. The Balaban J connectivity index is 2.28. The molecule has 2 aromatic rings. The fraction of sp³-hybridized carbons (Fsp3) is 0.381. The Morgan fingerprint density at radius 1 is 1.14 bits per heavy atom. The first-order valence-electron chi connectivity index (χ1n) is 9.06. The van der Waals surface area contributed by atoms with Crippen molar-refractivity contribution in [1.82, 2.24) is 0 Å². The molecule has 7 heteroatoms. The summed E-state index contributed by atoms with van der Waals surface area (Å²) in [5.74, 6) is -1.46. The highest BCUT2D eigenvalue weighted by Gasteiger charge is 2.25. The molecule has 0 amide bonds. The summed E-state index contributed by atoms with van der Waals surface area (Å²) < 4.78 is 26.4. The van der Waals surface area contributed by atoms with E-state index < -0.39 is 32.0 Å². The minimum atomic E-state index is -3.70. The average Bonchev–Trinajstić information content (AvgIpc) is 2.56. The number of benzene rings is 2. The zero-order valence-electron chi connectivity index (χ0n) is 16.3. The van der Waals surface area contributed by atoms with E-state index in [4.69, 9.17) is 5.11 Å². The lowest BCUT2D eigenvalue weighted by atomic mass is 9.92. The van der Waals surface area contributed by atoms with Gasteiger partial charge in [0.25, 0.3) is 0 Å². The summed E-state index contributed by atoms with van der Waals surface area (Å²) in [6, 6.07) is 9.21. The largest absolute Gasteiger partial charge is 0.481 e. The molecule has 0 aliphatic rings. The van der Waals surface area contributed by atoms with Crippen LogP contribution >= 0.6 is 7.37 Å². The Morgan fingerprint density at radius 3 is 2.32 bits per heavy atom. The number of carboxylic acids is 1. The molecule has 0 saturated heterocycles. The monoisotopic (exact) mass is 408 g/mol. The standard InChI is InChI=1S/C21H26FO5P/c1-13-5-4-6-19(16-9-14(2)21(22)15(3)10-16)18(13)7-8-28(26,27)12-17(23)11-20(24)25/h4-6,9-10,17,23H,7-8,11-12H2,1-3H3,(H,24,25)(H,26,27). The maximum Gasteiger partial charge on any atom is 0.305 e. The van der Waals surface area contributed by atoms with Crippen LogP contribution in [0.5, 0.6) is 0 Å². The predicted molar refractivity (Wildman–Crippen MR) is 108 cm³/mol. The molecule has 2 unspecified atom stereocenters. The highest BCUT2D eigenvalue weighted by molar-refractivity contribution is 7.58. The zero-order valence-corrected chi connectivity index (χ0v) is 17.2. The highest BCUT2D eigenvalue weighted by Crippen LogP contribution is 2.43. The number of aliphatic hydroxyl groups is 1. The smallest absolute Gasteiger partial charge is 0.305 e. The van der Waals surface area contributed by atoms with Gasteiger partial charge < -0.3 is 15.1 Å². The van der Waals surface area contributed by atoms with Gasteiger partial charge >= 0.3 is 5.97 Å². The SMILES string of the molecule is Cc1cc(-c2cccc(C)c2CCP(=O)(O)CC(O)CC(=O)O)cc(C)c1F. The van der Waals surface area contributed by atoms with E-state index in [2.05, 4.69) is 0 Å². The molecule has 0 heterocycles. The molecule has 28 heavy (non-hydrogen) atoms. The molecule has 0 radical (unpaired) electrons. The second-order valence-corrected chi connectivity index (χ2v) is 9.78. The number of hydrogen-bond acceptors (Lipinski definition) is 3. The van der Waals surface area contributed by atoms with E-state index in [0.717, 1.165) is 22.3 Å². The summed E-state index contributed by atoms with van der Waals surface area (Å²) in [7, 11) is -3.70. The molecule has 2 aromatic carbocycles. The third kappa shape index (κ3) is 5.74. The summed E-state index contributed by atoms with van der Waals surface area (Å²) in [5, 5.41) is 18.4. The van der Waals surface area contributed by atoms with E-state index in [0.29, 0.717) is 17.5 Å². The molecule has 0 spiro atoms. The van der Waals surface area contributed by atoms with E-state index in [1.165, 1.54) is 0 Å². The number of aryl methyl sites for hydroxylation is 3. The van der Waals surface area contributed by atoms with Crippen LogP contribution < -0.4 is 0 Å². The Hall–Kier alpha value is -2.01. The predicted octanol–water partition coefficient (Wildman–Crippen LogP) is 4.07. The lowest BCUT2D eigenvalue weighted by molar-refractivity contribution is -0.138. The van der Waals surface area contributed by atoms with E-state index in [-0.39, 0.29) is 12.0 Å². The van der Waals surface area contributed by atoms with Crippen molar-refractivity contribution < 1.29 is 28.9 Å². The lowest BCUT2D eigenvalue weighted by Crippen LogP contribution is -2.18. The fourth-order valence-electron chi connectivity index (χ4n) is 3.38. The van der Waals surface area contributed by atoms with Crippen molar-refractivity contribution in [2.24, 2.45) is 0 Å². The number of carbonyl (C=O) groups is 1. The van der Waals surface area contributed by atoms with Crippen molar-refractivity contribution in [2.75, 3.05) is 12.3 Å². The maximum atomic E-state index is 14.0.